The molecule has 7 nitrogen and oxygen atoms in total. The first-order valence-electron chi connectivity index (χ1n) is 14.5. The summed E-state index contributed by atoms with van der Waals surface area (Å²) >= 11 is 0. The average Bonchev–Trinajstić information content (AvgIpc) is 3.02. The SMILES string of the molecule is CC(C)C(=O)Nc1cccc(C(=O)NCC[C@@]2(c3ccccc3)CN(Cc3ccc(-c4ccncc4)cc3)CCO2)c1. The first kappa shape index (κ1) is 29.2. The highest BCUT2D eigenvalue weighted by Crippen LogP contribution is 2.34. The van der Waals surface area contributed by atoms with Gasteiger partial charge in [-0.05, 0) is 59.0 Å². The molecule has 0 unspecified atom stereocenters. The Morgan fingerprint density at radius 1 is 0.929 bits per heavy atom. The van der Waals surface area contributed by atoms with E-state index in [9.17, 15) is 9.59 Å². The maximum Gasteiger partial charge on any atom is 0.251 e. The second kappa shape index (κ2) is 13.6. The third-order valence-corrected chi connectivity index (χ3v) is 7.67. The number of morpholine rings is 1. The molecule has 0 saturated carbocycles. The van der Waals surface area contributed by atoms with Crippen LogP contribution in [0.15, 0.2) is 103 Å². The predicted octanol–water partition coefficient (Wildman–Crippen LogP) is 5.89. The molecular formula is C35H38N4O3. The van der Waals surface area contributed by atoms with Crippen LogP contribution in [0.3, 0.4) is 0 Å². The van der Waals surface area contributed by atoms with Crippen LogP contribution in [0, 0.1) is 5.92 Å². The van der Waals surface area contributed by atoms with Crippen LogP contribution in [-0.4, -0.2) is 47.9 Å². The highest BCUT2D eigenvalue weighted by Gasteiger charge is 2.38. The van der Waals surface area contributed by atoms with Crippen LogP contribution in [0.4, 0.5) is 5.69 Å². The largest absolute Gasteiger partial charge is 0.368 e. The van der Waals surface area contributed by atoms with E-state index < -0.39 is 5.60 Å². The summed E-state index contributed by atoms with van der Waals surface area (Å²) in [6, 6.07) is 30.1. The highest BCUT2D eigenvalue weighted by molar-refractivity contribution is 5.97. The minimum atomic E-state index is -0.545. The van der Waals surface area contributed by atoms with E-state index >= 15 is 0 Å². The van der Waals surface area contributed by atoms with Gasteiger partial charge in [0.1, 0.15) is 5.60 Å². The second-order valence-corrected chi connectivity index (χ2v) is 11.1. The van der Waals surface area contributed by atoms with E-state index in [4.69, 9.17) is 4.74 Å². The molecule has 0 spiro atoms. The highest BCUT2D eigenvalue weighted by atomic mass is 16.5. The Bertz CT molecular complexity index is 1480. The van der Waals surface area contributed by atoms with Crippen molar-refractivity contribution in [2.45, 2.75) is 32.4 Å². The van der Waals surface area contributed by atoms with Crippen LogP contribution in [-0.2, 0) is 21.7 Å². The van der Waals surface area contributed by atoms with Gasteiger partial charge in [-0.15, -0.1) is 0 Å². The lowest BCUT2D eigenvalue weighted by Gasteiger charge is -2.43. The van der Waals surface area contributed by atoms with Gasteiger partial charge in [-0.25, -0.2) is 0 Å². The van der Waals surface area contributed by atoms with Gasteiger partial charge >= 0.3 is 0 Å². The monoisotopic (exact) mass is 562 g/mol. The number of pyridine rings is 1. The van der Waals surface area contributed by atoms with Crippen LogP contribution >= 0.6 is 0 Å². The minimum absolute atomic E-state index is 0.0824. The molecule has 2 amide bonds. The van der Waals surface area contributed by atoms with Gasteiger partial charge in [-0.1, -0.05) is 74.5 Å². The molecular weight excluding hydrogens is 524 g/mol. The molecule has 1 aliphatic heterocycles. The zero-order chi connectivity index (χ0) is 29.4. The number of carbonyl (C=O) groups is 2. The van der Waals surface area contributed by atoms with Crippen molar-refractivity contribution in [3.63, 3.8) is 0 Å². The number of nitrogens with one attached hydrogen (secondary N) is 2. The van der Waals surface area contributed by atoms with Crippen molar-refractivity contribution in [1.29, 1.82) is 0 Å². The lowest BCUT2D eigenvalue weighted by atomic mass is 9.88. The fraction of sp³-hybridized carbons (Fsp3) is 0.286. The Morgan fingerprint density at radius 2 is 1.67 bits per heavy atom. The standard InChI is InChI=1S/C35H38N4O3/c1-26(2)33(40)38-32-10-6-7-30(23-32)34(41)37-20-17-35(31-8-4-3-5-9-31)25-39(21-22-42-35)24-27-11-13-28(14-12-27)29-15-18-36-19-16-29/h3-16,18-19,23,26H,17,20-22,24-25H2,1-2H3,(H,37,41)(H,38,40)/t35-/m0/s1. The molecule has 4 aromatic rings. The molecule has 7 heteroatoms. The Morgan fingerprint density at radius 3 is 2.40 bits per heavy atom. The van der Waals surface area contributed by atoms with E-state index in [1.54, 1.807) is 24.3 Å². The molecule has 2 heterocycles. The summed E-state index contributed by atoms with van der Waals surface area (Å²) in [7, 11) is 0. The van der Waals surface area contributed by atoms with E-state index in [0.717, 1.165) is 30.8 Å². The molecule has 0 radical (unpaired) electrons. The van der Waals surface area contributed by atoms with Gasteiger partial charge in [0.05, 0.1) is 6.61 Å². The molecule has 1 saturated heterocycles. The zero-order valence-electron chi connectivity index (χ0n) is 24.3. The molecule has 3 aromatic carbocycles. The summed E-state index contributed by atoms with van der Waals surface area (Å²) in [5.41, 5.74) is 5.25. The van der Waals surface area contributed by atoms with E-state index in [1.807, 2.05) is 56.6 Å². The molecule has 1 aliphatic rings. The van der Waals surface area contributed by atoms with Crippen molar-refractivity contribution in [1.82, 2.24) is 15.2 Å². The van der Waals surface area contributed by atoms with Crippen molar-refractivity contribution >= 4 is 17.5 Å². The molecule has 216 valence electrons. The van der Waals surface area contributed by atoms with Crippen molar-refractivity contribution in [2.75, 3.05) is 31.6 Å². The van der Waals surface area contributed by atoms with Gasteiger partial charge in [0, 0.05) is 55.7 Å². The fourth-order valence-corrected chi connectivity index (χ4v) is 5.31. The molecule has 1 fully saturated rings. The summed E-state index contributed by atoms with van der Waals surface area (Å²) < 4.78 is 6.52. The molecule has 1 atom stereocenters. The quantitative estimate of drug-likeness (QED) is 0.252. The fourth-order valence-electron chi connectivity index (χ4n) is 5.31. The Labute approximate surface area is 247 Å². The van der Waals surface area contributed by atoms with Crippen LogP contribution in [0.2, 0.25) is 0 Å². The second-order valence-electron chi connectivity index (χ2n) is 11.1. The van der Waals surface area contributed by atoms with Gasteiger partial charge in [-0.3, -0.25) is 19.5 Å². The number of ether oxygens (including phenoxy) is 1. The van der Waals surface area contributed by atoms with Crippen LogP contribution in [0.25, 0.3) is 11.1 Å². The zero-order valence-corrected chi connectivity index (χ0v) is 24.3. The molecule has 2 N–H and O–H groups in total. The number of aromatic nitrogens is 1. The number of carbonyl (C=O) groups excluding carboxylic acids is 2. The molecule has 0 bridgehead atoms. The molecule has 0 aliphatic carbocycles. The van der Waals surface area contributed by atoms with E-state index in [-0.39, 0.29) is 17.7 Å². The van der Waals surface area contributed by atoms with Crippen molar-refractivity contribution < 1.29 is 14.3 Å². The molecule has 1 aromatic heterocycles. The van der Waals surface area contributed by atoms with Crippen molar-refractivity contribution in [3.8, 4) is 11.1 Å². The van der Waals surface area contributed by atoms with Crippen LogP contribution in [0.5, 0.6) is 0 Å². The number of hydrogen-bond acceptors (Lipinski definition) is 5. The lowest BCUT2D eigenvalue weighted by Crippen LogP contribution is -2.50. The first-order chi connectivity index (χ1) is 20.4. The minimum Gasteiger partial charge on any atom is -0.368 e. The third-order valence-electron chi connectivity index (χ3n) is 7.67. The predicted molar refractivity (Wildman–Crippen MR) is 166 cm³/mol. The van der Waals surface area contributed by atoms with E-state index in [1.165, 1.54) is 11.1 Å². The number of amides is 2. The summed E-state index contributed by atoms with van der Waals surface area (Å²) in [5, 5.41) is 5.94. The summed E-state index contributed by atoms with van der Waals surface area (Å²) in [6.45, 7) is 7.10. The number of benzene rings is 3. The van der Waals surface area contributed by atoms with Crippen molar-refractivity contribution in [2.24, 2.45) is 5.92 Å². The Kier molecular flexibility index (Phi) is 9.41. The maximum atomic E-state index is 13.1. The maximum absolute atomic E-state index is 13.1. The Hall–Kier alpha value is -4.33. The van der Waals surface area contributed by atoms with Crippen LogP contribution < -0.4 is 10.6 Å². The van der Waals surface area contributed by atoms with E-state index in [2.05, 4.69) is 56.9 Å². The summed E-state index contributed by atoms with van der Waals surface area (Å²) in [5.74, 6) is -0.403. The average molecular weight is 563 g/mol. The van der Waals surface area contributed by atoms with Gasteiger partial charge < -0.3 is 15.4 Å². The smallest absolute Gasteiger partial charge is 0.251 e. The molecule has 5 rings (SSSR count). The van der Waals surface area contributed by atoms with E-state index in [0.29, 0.717) is 30.8 Å². The normalized spacial score (nSPS) is 17.1. The van der Waals surface area contributed by atoms with Gasteiger partial charge in [0.25, 0.3) is 5.91 Å². The topological polar surface area (TPSA) is 83.6 Å². The van der Waals surface area contributed by atoms with Gasteiger partial charge in [0.15, 0.2) is 0 Å². The number of nitrogens with zero attached hydrogens (tertiary/aromatic N) is 2. The summed E-state index contributed by atoms with van der Waals surface area (Å²) in [4.78, 5) is 31.7. The lowest BCUT2D eigenvalue weighted by molar-refractivity contribution is -0.121. The number of anilines is 1. The first-order valence-corrected chi connectivity index (χ1v) is 14.5. The van der Waals surface area contributed by atoms with Crippen LogP contribution in [0.1, 0.15) is 41.8 Å². The number of rotatable bonds is 10. The third kappa shape index (κ3) is 7.29. The van der Waals surface area contributed by atoms with Crippen molar-refractivity contribution in [3.05, 3.63) is 120 Å². The Balaban J connectivity index is 1.25. The van der Waals surface area contributed by atoms with Gasteiger partial charge in [-0.2, -0.15) is 0 Å². The molecule has 42 heavy (non-hydrogen) atoms. The number of hydrogen-bond donors (Lipinski definition) is 2. The summed E-state index contributed by atoms with van der Waals surface area (Å²) in [6.07, 6.45) is 4.25. The van der Waals surface area contributed by atoms with Gasteiger partial charge in [0.2, 0.25) is 5.91 Å².